The Bertz CT molecular complexity index is 4300. The summed E-state index contributed by atoms with van der Waals surface area (Å²) in [6, 6.07) is 92.5. The average Bonchev–Trinajstić information content (AvgIpc) is 3.98. The van der Waals surface area contributed by atoms with Crippen LogP contribution in [0, 0.1) is 0 Å². The maximum absolute atomic E-state index is 7.03. The van der Waals surface area contributed by atoms with Crippen molar-refractivity contribution in [1.82, 2.24) is 4.57 Å². The number of hydrogen-bond donors (Lipinski definition) is 0. The van der Waals surface area contributed by atoms with E-state index in [0.29, 0.717) is 0 Å². The number of hydrogen-bond acceptors (Lipinski definition) is 2. The minimum atomic E-state index is 0.855. The minimum absolute atomic E-state index is 0.855. The fourth-order valence-electron chi connectivity index (χ4n) is 11.0. The third kappa shape index (κ3) is 6.29. The Morgan fingerprint density at radius 3 is 1.74 bits per heavy atom. The molecule has 0 unspecified atom stereocenters. The van der Waals surface area contributed by atoms with Gasteiger partial charge in [0, 0.05) is 32.8 Å². The largest absolute Gasteiger partial charge is 0.455 e. The van der Waals surface area contributed by atoms with Gasteiger partial charge in [-0.3, -0.25) is 0 Å². The van der Waals surface area contributed by atoms with E-state index in [0.717, 1.165) is 72.4 Å². The summed E-state index contributed by atoms with van der Waals surface area (Å²) in [5.41, 5.74) is 15.3. The van der Waals surface area contributed by atoms with Gasteiger partial charge in [-0.25, -0.2) is 0 Å². The Balaban J connectivity index is 1.01. The summed E-state index contributed by atoms with van der Waals surface area (Å²) in [4.78, 5) is 2.47. The Morgan fingerprint density at radius 2 is 0.899 bits per heavy atom. The molecule has 322 valence electrons. The lowest BCUT2D eigenvalue weighted by Gasteiger charge is -2.28. The number of rotatable bonds is 7. The minimum Gasteiger partial charge on any atom is -0.455 e. The maximum Gasteiger partial charge on any atom is 0.145 e. The normalized spacial score (nSPS) is 11.8. The van der Waals surface area contributed by atoms with Crippen LogP contribution in [0.15, 0.2) is 259 Å². The highest BCUT2D eigenvalue weighted by atomic mass is 16.3. The van der Waals surface area contributed by atoms with Gasteiger partial charge in [-0.1, -0.05) is 188 Å². The molecule has 0 saturated carbocycles. The average molecular weight is 879 g/mol. The van der Waals surface area contributed by atoms with Crippen molar-refractivity contribution in [1.29, 1.82) is 0 Å². The standard InChI is InChI=1S/C66H42N2O/c1-2-18-47-42-50(34-33-43(47)15-1)49-22-11-21-48(41-49)44-35-37-51(38-36-44)67(60-30-14-31-61-64(60)56-25-7-9-28-59(56)68(61)58-29-13-20-46-17-4-6-24-53(46)58)62-40-39-55(54-27-12-19-45-16-3-5-23-52(45)54)66-65(62)57-26-8-10-32-63(57)69-66/h1-42H. The van der Waals surface area contributed by atoms with E-state index in [1.54, 1.807) is 0 Å². The molecule has 14 rings (SSSR count). The van der Waals surface area contributed by atoms with Crippen LogP contribution in [0.3, 0.4) is 0 Å². The zero-order valence-electron chi connectivity index (χ0n) is 37.6. The van der Waals surface area contributed by atoms with Crippen LogP contribution < -0.4 is 4.90 Å². The van der Waals surface area contributed by atoms with Gasteiger partial charge < -0.3 is 13.9 Å². The van der Waals surface area contributed by atoms with Crippen molar-refractivity contribution in [3.05, 3.63) is 255 Å². The Hall–Kier alpha value is -9.18. The number of aromatic nitrogens is 1. The van der Waals surface area contributed by atoms with Gasteiger partial charge in [-0.05, 0) is 121 Å². The summed E-state index contributed by atoms with van der Waals surface area (Å²) < 4.78 is 9.48. The van der Waals surface area contributed by atoms with Crippen molar-refractivity contribution in [3.63, 3.8) is 0 Å². The van der Waals surface area contributed by atoms with Crippen LogP contribution in [0.4, 0.5) is 17.1 Å². The molecule has 3 nitrogen and oxygen atoms in total. The SMILES string of the molecule is c1cc(-c2ccc(N(c3ccc(-c4cccc5ccccc45)c4oc5ccccc5c34)c3cccc4c3c3ccccc3n4-c3cccc4ccccc34)cc2)cc(-c2ccc3ccccc3c2)c1. The summed E-state index contributed by atoms with van der Waals surface area (Å²) >= 11 is 0. The monoisotopic (exact) mass is 878 g/mol. The van der Waals surface area contributed by atoms with Crippen molar-refractivity contribution >= 4 is 93.1 Å². The molecule has 0 aliphatic heterocycles. The molecule has 0 radical (unpaired) electrons. The second-order valence-corrected chi connectivity index (χ2v) is 18.0. The molecule has 0 aliphatic carbocycles. The van der Waals surface area contributed by atoms with Gasteiger partial charge in [-0.15, -0.1) is 0 Å². The number of benzene rings is 12. The van der Waals surface area contributed by atoms with Crippen LogP contribution in [0.2, 0.25) is 0 Å². The maximum atomic E-state index is 7.03. The second-order valence-electron chi connectivity index (χ2n) is 18.0. The van der Waals surface area contributed by atoms with Crippen LogP contribution in [0.5, 0.6) is 0 Å². The molecular formula is C66H42N2O. The molecule has 69 heavy (non-hydrogen) atoms. The topological polar surface area (TPSA) is 21.3 Å². The molecule has 0 aliphatic rings. The zero-order chi connectivity index (χ0) is 45.4. The molecule has 0 spiro atoms. The van der Waals surface area contributed by atoms with Gasteiger partial charge in [0.2, 0.25) is 0 Å². The highest BCUT2D eigenvalue weighted by molar-refractivity contribution is 6.22. The third-order valence-corrected chi connectivity index (χ3v) is 14.2. The molecule has 0 atom stereocenters. The molecule has 12 aromatic carbocycles. The van der Waals surface area contributed by atoms with Gasteiger partial charge in [0.15, 0.2) is 0 Å². The summed E-state index contributed by atoms with van der Waals surface area (Å²) in [7, 11) is 0. The molecule has 0 saturated heterocycles. The van der Waals surface area contributed by atoms with E-state index in [1.807, 2.05) is 0 Å². The number of fused-ring (bicyclic) bond motifs is 9. The molecular weight excluding hydrogens is 837 g/mol. The number of furan rings is 1. The predicted octanol–water partition coefficient (Wildman–Crippen LogP) is 18.6. The molecule has 0 bridgehead atoms. The van der Waals surface area contributed by atoms with Crippen molar-refractivity contribution < 1.29 is 4.42 Å². The summed E-state index contributed by atoms with van der Waals surface area (Å²) in [6.45, 7) is 0. The molecule has 2 heterocycles. The highest BCUT2D eigenvalue weighted by Crippen LogP contribution is 2.50. The Kier molecular flexibility index (Phi) is 8.90. The first-order valence-corrected chi connectivity index (χ1v) is 23.7. The number of nitrogens with zero attached hydrogens (tertiary/aromatic N) is 2. The number of para-hydroxylation sites is 2. The van der Waals surface area contributed by atoms with E-state index in [9.17, 15) is 0 Å². The zero-order valence-corrected chi connectivity index (χ0v) is 37.6. The van der Waals surface area contributed by atoms with Gasteiger partial charge in [0.05, 0.1) is 33.5 Å². The summed E-state index contributed by atoms with van der Waals surface area (Å²) in [5.74, 6) is 0. The van der Waals surface area contributed by atoms with Crippen molar-refractivity contribution in [2.75, 3.05) is 4.90 Å². The van der Waals surface area contributed by atoms with E-state index in [-0.39, 0.29) is 0 Å². The first kappa shape index (κ1) is 39.0. The van der Waals surface area contributed by atoms with E-state index < -0.39 is 0 Å². The van der Waals surface area contributed by atoms with Crippen LogP contribution in [-0.2, 0) is 0 Å². The summed E-state index contributed by atoms with van der Waals surface area (Å²) in [6.07, 6.45) is 0. The van der Waals surface area contributed by atoms with Gasteiger partial charge in [0.1, 0.15) is 11.2 Å². The number of anilines is 3. The van der Waals surface area contributed by atoms with E-state index in [4.69, 9.17) is 4.42 Å². The van der Waals surface area contributed by atoms with Crippen LogP contribution in [0.25, 0.3) is 115 Å². The third-order valence-electron chi connectivity index (χ3n) is 14.2. The lowest BCUT2D eigenvalue weighted by Crippen LogP contribution is -2.11. The van der Waals surface area contributed by atoms with Gasteiger partial charge in [-0.2, -0.15) is 0 Å². The van der Waals surface area contributed by atoms with Crippen molar-refractivity contribution in [2.24, 2.45) is 0 Å². The molecule has 2 aromatic heterocycles. The smallest absolute Gasteiger partial charge is 0.145 e. The van der Waals surface area contributed by atoms with Crippen molar-refractivity contribution in [2.45, 2.75) is 0 Å². The van der Waals surface area contributed by atoms with E-state index in [2.05, 4.69) is 264 Å². The van der Waals surface area contributed by atoms with Gasteiger partial charge in [0.25, 0.3) is 0 Å². The first-order chi connectivity index (χ1) is 34.2. The lowest BCUT2D eigenvalue weighted by molar-refractivity contribution is 0.670. The van der Waals surface area contributed by atoms with E-state index in [1.165, 1.54) is 59.8 Å². The fourth-order valence-corrected chi connectivity index (χ4v) is 11.0. The highest BCUT2D eigenvalue weighted by Gasteiger charge is 2.26. The lowest BCUT2D eigenvalue weighted by atomic mass is 9.95. The predicted molar refractivity (Wildman–Crippen MR) is 292 cm³/mol. The molecule has 0 fully saturated rings. The molecule has 3 heteroatoms. The summed E-state index contributed by atoms with van der Waals surface area (Å²) in [5, 5.41) is 11.8. The van der Waals surface area contributed by atoms with Crippen LogP contribution in [-0.4, -0.2) is 4.57 Å². The Labute approximate surface area is 399 Å². The second kappa shape index (κ2) is 15.7. The Morgan fingerprint density at radius 1 is 0.319 bits per heavy atom. The quantitative estimate of drug-likeness (QED) is 0.159. The van der Waals surface area contributed by atoms with Crippen LogP contribution >= 0.6 is 0 Å². The molecule has 0 amide bonds. The van der Waals surface area contributed by atoms with Crippen LogP contribution in [0.1, 0.15) is 0 Å². The van der Waals surface area contributed by atoms with Gasteiger partial charge >= 0.3 is 0 Å². The van der Waals surface area contributed by atoms with E-state index >= 15 is 0 Å². The molecule has 14 aromatic rings. The molecule has 0 N–H and O–H groups in total. The fraction of sp³-hybridized carbons (Fsp3) is 0. The van der Waals surface area contributed by atoms with Crippen molar-refractivity contribution in [3.8, 4) is 39.1 Å². The first-order valence-electron chi connectivity index (χ1n) is 23.7.